The van der Waals surface area contributed by atoms with E-state index in [1.807, 2.05) is 39.0 Å². The van der Waals surface area contributed by atoms with Crippen molar-refractivity contribution in [3.63, 3.8) is 0 Å². The predicted molar refractivity (Wildman–Crippen MR) is 110 cm³/mol. The molecule has 0 amide bonds. The van der Waals surface area contributed by atoms with E-state index in [2.05, 4.69) is 20.7 Å². The van der Waals surface area contributed by atoms with E-state index in [-0.39, 0.29) is 18.4 Å². The highest BCUT2D eigenvalue weighted by Gasteiger charge is 2.25. The number of rotatable bonds is 8. The van der Waals surface area contributed by atoms with Gasteiger partial charge in [-0.3, -0.25) is 4.68 Å². The number of benzene rings is 1. The number of likely N-dealkylation sites (N-methyl/N-ethyl adjacent to an activating group) is 1. The van der Waals surface area contributed by atoms with Crippen LogP contribution < -0.4 is 10.6 Å². The molecule has 2 unspecified atom stereocenters. The van der Waals surface area contributed by atoms with Crippen LogP contribution in [-0.2, 0) is 12.6 Å². The van der Waals surface area contributed by atoms with Gasteiger partial charge in [0.15, 0.2) is 5.96 Å². The largest absolute Gasteiger partial charge is 0.383 e. The Morgan fingerprint density at radius 2 is 2.14 bits per heavy atom. The third kappa shape index (κ3) is 6.03. The van der Waals surface area contributed by atoms with Crippen LogP contribution in [0.5, 0.6) is 0 Å². The number of aromatic nitrogens is 2. The highest BCUT2D eigenvalue weighted by atomic mass is 19.1. The van der Waals surface area contributed by atoms with E-state index in [4.69, 9.17) is 0 Å². The summed E-state index contributed by atoms with van der Waals surface area (Å²) in [5.41, 5.74) is 0.469. The van der Waals surface area contributed by atoms with Gasteiger partial charge in [0.25, 0.3) is 0 Å². The van der Waals surface area contributed by atoms with Crippen molar-refractivity contribution in [3.05, 3.63) is 53.6 Å². The summed E-state index contributed by atoms with van der Waals surface area (Å²) in [6.07, 6.45) is 3.42. The smallest absolute Gasteiger partial charge is 0.191 e. The first-order chi connectivity index (χ1) is 13.2. The molecule has 0 radical (unpaired) electrons. The minimum atomic E-state index is -1.12. The van der Waals surface area contributed by atoms with E-state index in [0.29, 0.717) is 24.6 Å². The van der Waals surface area contributed by atoms with Gasteiger partial charge in [0, 0.05) is 31.9 Å². The standard InChI is InChI=1S/C20H31FN6O/c1-6-22-19(24-14-20(2,28)16-11-25-27(5)13-16)23-12-18(26(3)4)15-8-7-9-17(21)10-15/h7-11,13,18,28H,6,12,14H2,1-5H3,(H2,22,23,24). The zero-order chi connectivity index (χ0) is 20.7. The average Bonchev–Trinajstić information content (AvgIpc) is 3.07. The number of hydrogen-bond acceptors (Lipinski definition) is 4. The van der Waals surface area contributed by atoms with Crippen LogP contribution in [0.15, 0.2) is 41.7 Å². The maximum absolute atomic E-state index is 13.6. The maximum Gasteiger partial charge on any atom is 0.191 e. The fraction of sp³-hybridized carbons (Fsp3) is 0.500. The van der Waals surface area contributed by atoms with Gasteiger partial charge in [0.1, 0.15) is 11.4 Å². The molecule has 7 nitrogen and oxygen atoms in total. The molecule has 0 saturated heterocycles. The molecule has 2 rings (SSSR count). The van der Waals surface area contributed by atoms with Gasteiger partial charge >= 0.3 is 0 Å². The third-order valence-corrected chi connectivity index (χ3v) is 4.54. The zero-order valence-corrected chi connectivity index (χ0v) is 17.3. The topological polar surface area (TPSA) is 77.7 Å². The lowest BCUT2D eigenvalue weighted by atomic mass is 10.0. The summed E-state index contributed by atoms with van der Waals surface area (Å²) in [6, 6.07) is 6.58. The van der Waals surface area contributed by atoms with Crippen molar-refractivity contribution < 1.29 is 9.50 Å². The van der Waals surface area contributed by atoms with Crippen LogP contribution in [-0.4, -0.2) is 59.5 Å². The maximum atomic E-state index is 13.6. The zero-order valence-electron chi connectivity index (χ0n) is 17.3. The van der Waals surface area contributed by atoms with Crippen LogP contribution >= 0.6 is 0 Å². The van der Waals surface area contributed by atoms with E-state index >= 15 is 0 Å². The van der Waals surface area contributed by atoms with Crippen molar-refractivity contribution in [2.24, 2.45) is 12.0 Å². The molecule has 0 saturated carbocycles. The first kappa shape index (κ1) is 21.8. The van der Waals surface area contributed by atoms with E-state index in [1.54, 1.807) is 36.1 Å². The fourth-order valence-corrected chi connectivity index (χ4v) is 2.87. The first-order valence-electron chi connectivity index (χ1n) is 9.38. The Balaban J connectivity index is 2.09. The molecule has 0 aliphatic carbocycles. The summed E-state index contributed by atoms with van der Waals surface area (Å²) in [6.45, 7) is 5.10. The molecule has 0 aliphatic rings. The van der Waals surface area contributed by atoms with E-state index in [1.165, 1.54) is 6.07 Å². The molecular weight excluding hydrogens is 359 g/mol. The van der Waals surface area contributed by atoms with Crippen molar-refractivity contribution in [1.29, 1.82) is 0 Å². The van der Waals surface area contributed by atoms with E-state index in [9.17, 15) is 9.50 Å². The van der Waals surface area contributed by atoms with E-state index < -0.39 is 5.60 Å². The summed E-state index contributed by atoms with van der Waals surface area (Å²) in [4.78, 5) is 6.55. The summed E-state index contributed by atoms with van der Waals surface area (Å²) in [7, 11) is 5.71. The molecule has 154 valence electrons. The Morgan fingerprint density at radius 1 is 1.39 bits per heavy atom. The van der Waals surface area contributed by atoms with Crippen LogP contribution in [0.1, 0.15) is 31.0 Å². The van der Waals surface area contributed by atoms with Gasteiger partial charge in [0.2, 0.25) is 0 Å². The highest BCUT2D eigenvalue weighted by molar-refractivity contribution is 5.79. The molecule has 1 heterocycles. The second kappa shape index (κ2) is 9.66. The second-order valence-electron chi connectivity index (χ2n) is 7.29. The molecule has 0 aliphatic heterocycles. The summed E-state index contributed by atoms with van der Waals surface area (Å²) < 4.78 is 15.3. The lowest BCUT2D eigenvalue weighted by Crippen LogP contribution is -2.42. The number of nitrogens with zero attached hydrogens (tertiary/aromatic N) is 4. The lowest BCUT2D eigenvalue weighted by Gasteiger charge is -2.26. The molecule has 1 aromatic carbocycles. The third-order valence-electron chi connectivity index (χ3n) is 4.54. The molecule has 2 atom stereocenters. The van der Waals surface area contributed by atoms with Crippen molar-refractivity contribution in [2.75, 3.05) is 33.7 Å². The SMILES string of the molecule is CCNC(=NCC(C)(O)c1cnn(C)c1)NCC(c1cccc(F)c1)N(C)C. The Morgan fingerprint density at radius 3 is 2.71 bits per heavy atom. The van der Waals surface area contributed by atoms with Gasteiger partial charge < -0.3 is 20.6 Å². The van der Waals surface area contributed by atoms with Crippen molar-refractivity contribution in [3.8, 4) is 0 Å². The average molecular weight is 391 g/mol. The minimum Gasteiger partial charge on any atom is -0.383 e. The lowest BCUT2D eigenvalue weighted by molar-refractivity contribution is 0.0671. The normalized spacial score (nSPS) is 15.4. The summed E-state index contributed by atoms with van der Waals surface area (Å²) >= 11 is 0. The molecule has 2 aromatic rings. The Labute approximate surface area is 166 Å². The fourth-order valence-electron chi connectivity index (χ4n) is 2.87. The number of hydrogen-bond donors (Lipinski definition) is 3. The molecule has 8 heteroatoms. The number of aliphatic imine (C=N–C) groups is 1. The predicted octanol–water partition coefficient (Wildman–Crippen LogP) is 1.62. The molecule has 0 bridgehead atoms. The number of aliphatic hydroxyl groups is 1. The second-order valence-corrected chi connectivity index (χ2v) is 7.29. The van der Waals surface area contributed by atoms with Crippen LogP contribution in [0.4, 0.5) is 4.39 Å². The molecule has 3 N–H and O–H groups in total. The number of guanidine groups is 1. The van der Waals surface area contributed by atoms with Crippen molar-refractivity contribution in [1.82, 2.24) is 25.3 Å². The first-order valence-corrected chi connectivity index (χ1v) is 9.38. The van der Waals surface area contributed by atoms with Gasteiger partial charge in [0.05, 0.1) is 18.8 Å². The Bertz CT molecular complexity index is 787. The van der Waals surface area contributed by atoms with E-state index in [0.717, 1.165) is 5.56 Å². The summed E-state index contributed by atoms with van der Waals surface area (Å²) in [5, 5.41) is 21.3. The van der Waals surface area contributed by atoms with Crippen molar-refractivity contribution in [2.45, 2.75) is 25.5 Å². The van der Waals surface area contributed by atoms with Crippen LogP contribution in [0.3, 0.4) is 0 Å². The van der Waals surface area contributed by atoms with Crippen molar-refractivity contribution >= 4 is 5.96 Å². The van der Waals surface area contributed by atoms with Crippen LogP contribution in [0.25, 0.3) is 0 Å². The molecule has 0 spiro atoms. The molecule has 0 fully saturated rings. The van der Waals surface area contributed by atoms with Crippen LogP contribution in [0.2, 0.25) is 0 Å². The Hall–Kier alpha value is -2.45. The number of nitrogens with one attached hydrogen (secondary N) is 2. The minimum absolute atomic E-state index is 0.0293. The monoisotopic (exact) mass is 390 g/mol. The molecule has 28 heavy (non-hydrogen) atoms. The molecule has 1 aromatic heterocycles. The Kier molecular flexibility index (Phi) is 7.53. The van der Waals surface area contributed by atoms with Crippen LogP contribution in [0, 0.1) is 5.82 Å². The molecular formula is C20H31FN6O. The summed E-state index contributed by atoms with van der Waals surface area (Å²) in [5.74, 6) is 0.340. The van der Waals surface area contributed by atoms with Gasteiger partial charge in [-0.2, -0.15) is 5.10 Å². The van der Waals surface area contributed by atoms with Gasteiger partial charge in [-0.1, -0.05) is 12.1 Å². The quantitative estimate of drug-likeness (QED) is 0.472. The number of halogens is 1. The van der Waals surface area contributed by atoms with Gasteiger partial charge in [-0.15, -0.1) is 0 Å². The van der Waals surface area contributed by atoms with Gasteiger partial charge in [-0.25, -0.2) is 9.38 Å². The number of aryl methyl sites for hydroxylation is 1. The van der Waals surface area contributed by atoms with Gasteiger partial charge in [-0.05, 0) is 45.6 Å². The highest BCUT2D eigenvalue weighted by Crippen LogP contribution is 2.20.